The molecule has 4 heteroatoms. The molecule has 4 nitrogen and oxygen atoms in total. The minimum atomic E-state index is -0.454. The van der Waals surface area contributed by atoms with Crippen LogP contribution in [0.25, 0.3) is 0 Å². The van der Waals surface area contributed by atoms with Crippen LogP contribution in [0.1, 0.15) is 33.6 Å². The number of hydrogen-bond donors (Lipinski definition) is 1. The number of amides is 1. The molecule has 0 spiro atoms. The Labute approximate surface area is 90.2 Å². The lowest BCUT2D eigenvalue weighted by Gasteiger charge is -2.29. The second kappa shape index (κ2) is 3.37. The van der Waals surface area contributed by atoms with Gasteiger partial charge in [-0.25, -0.2) is 4.79 Å². The quantitative estimate of drug-likeness (QED) is 0.715. The van der Waals surface area contributed by atoms with E-state index in [0.717, 1.165) is 12.8 Å². The Morgan fingerprint density at radius 3 is 2.53 bits per heavy atom. The molecule has 2 heterocycles. The summed E-state index contributed by atoms with van der Waals surface area (Å²) in [6.07, 6.45) is 1.79. The van der Waals surface area contributed by atoms with E-state index in [9.17, 15) is 9.90 Å². The van der Waals surface area contributed by atoms with Crippen LogP contribution in [-0.4, -0.2) is 40.4 Å². The molecule has 1 unspecified atom stereocenters. The molecule has 0 aromatic rings. The van der Waals surface area contributed by atoms with E-state index >= 15 is 0 Å². The molecule has 0 aromatic carbocycles. The zero-order valence-electron chi connectivity index (χ0n) is 9.56. The van der Waals surface area contributed by atoms with Gasteiger partial charge in [0.2, 0.25) is 0 Å². The van der Waals surface area contributed by atoms with E-state index in [1.54, 1.807) is 4.90 Å². The van der Waals surface area contributed by atoms with E-state index in [4.69, 9.17) is 4.74 Å². The van der Waals surface area contributed by atoms with Gasteiger partial charge in [0.1, 0.15) is 5.60 Å². The molecule has 1 saturated carbocycles. The number of aliphatic hydroxyl groups is 1. The van der Waals surface area contributed by atoms with Crippen LogP contribution >= 0.6 is 0 Å². The van der Waals surface area contributed by atoms with Crippen molar-refractivity contribution in [2.24, 2.45) is 5.92 Å². The van der Waals surface area contributed by atoms with Crippen molar-refractivity contribution in [1.29, 1.82) is 0 Å². The van der Waals surface area contributed by atoms with Crippen molar-refractivity contribution in [1.82, 2.24) is 4.90 Å². The van der Waals surface area contributed by atoms with Gasteiger partial charge in [-0.2, -0.15) is 0 Å². The molecule has 3 rings (SSSR count). The third-order valence-electron chi connectivity index (χ3n) is 3.24. The number of carbonyl (C=O) groups is 1. The van der Waals surface area contributed by atoms with Gasteiger partial charge in [-0.1, -0.05) is 0 Å². The minimum absolute atomic E-state index is 0.00940. The molecular formula is C11H19NO3. The van der Waals surface area contributed by atoms with Crippen molar-refractivity contribution >= 4 is 6.09 Å². The van der Waals surface area contributed by atoms with Crippen LogP contribution in [0.2, 0.25) is 0 Å². The van der Waals surface area contributed by atoms with E-state index < -0.39 is 5.60 Å². The average molecular weight is 213 g/mol. The third-order valence-corrected chi connectivity index (χ3v) is 3.24. The predicted molar refractivity (Wildman–Crippen MR) is 55.5 cm³/mol. The Morgan fingerprint density at radius 1 is 1.47 bits per heavy atom. The van der Waals surface area contributed by atoms with Crippen molar-refractivity contribution in [3.05, 3.63) is 0 Å². The molecule has 1 aliphatic carbocycles. The highest BCUT2D eigenvalue weighted by Crippen LogP contribution is 2.46. The maximum absolute atomic E-state index is 11.9. The van der Waals surface area contributed by atoms with Crippen LogP contribution in [0.3, 0.4) is 0 Å². The SMILES string of the molecule is CC(C)(C)OC(=O)N1C2CC(C2)C1CO. The van der Waals surface area contributed by atoms with E-state index in [0.29, 0.717) is 12.0 Å². The number of nitrogens with zero attached hydrogens (tertiary/aromatic N) is 1. The third kappa shape index (κ3) is 1.83. The van der Waals surface area contributed by atoms with Crippen LogP contribution in [0, 0.1) is 5.92 Å². The van der Waals surface area contributed by atoms with Gasteiger partial charge in [0.15, 0.2) is 0 Å². The van der Waals surface area contributed by atoms with Crippen LogP contribution in [-0.2, 0) is 4.74 Å². The van der Waals surface area contributed by atoms with Crippen molar-refractivity contribution in [2.45, 2.75) is 51.3 Å². The molecule has 2 saturated heterocycles. The first-order valence-electron chi connectivity index (χ1n) is 5.54. The fraction of sp³-hybridized carbons (Fsp3) is 0.909. The molecule has 1 N–H and O–H groups in total. The molecule has 1 atom stereocenters. The van der Waals surface area contributed by atoms with E-state index in [2.05, 4.69) is 0 Å². The molecule has 86 valence electrons. The fourth-order valence-corrected chi connectivity index (χ4v) is 2.51. The van der Waals surface area contributed by atoms with Gasteiger partial charge in [0, 0.05) is 6.04 Å². The van der Waals surface area contributed by atoms with Crippen molar-refractivity contribution in [2.75, 3.05) is 6.61 Å². The lowest BCUT2D eigenvalue weighted by molar-refractivity contribution is 0.0146. The molecule has 1 amide bonds. The average Bonchev–Trinajstić information content (AvgIpc) is 2.50. The molecule has 15 heavy (non-hydrogen) atoms. The summed E-state index contributed by atoms with van der Waals surface area (Å²) in [6, 6.07) is 0.298. The molecule has 3 fully saturated rings. The molecule has 2 bridgehead atoms. The predicted octanol–water partition coefficient (Wildman–Crippen LogP) is 1.38. The minimum Gasteiger partial charge on any atom is -0.444 e. The molecule has 3 aliphatic rings. The van der Waals surface area contributed by atoms with E-state index in [-0.39, 0.29) is 18.7 Å². The molecule has 2 aliphatic heterocycles. The topological polar surface area (TPSA) is 49.8 Å². The first-order valence-corrected chi connectivity index (χ1v) is 5.54. The summed E-state index contributed by atoms with van der Waals surface area (Å²) in [5.74, 6) is 0.493. The van der Waals surface area contributed by atoms with Gasteiger partial charge >= 0.3 is 6.09 Å². The van der Waals surface area contributed by atoms with Crippen molar-refractivity contribution in [3.63, 3.8) is 0 Å². The van der Waals surface area contributed by atoms with Gasteiger partial charge in [-0.3, -0.25) is 4.90 Å². The lowest BCUT2D eigenvalue weighted by Crippen LogP contribution is -2.42. The number of ether oxygens (including phenoxy) is 1. The summed E-state index contributed by atoms with van der Waals surface area (Å²) in [4.78, 5) is 13.6. The van der Waals surface area contributed by atoms with E-state index in [1.807, 2.05) is 20.8 Å². The maximum Gasteiger partial charge on any atom is 0.410 e. The summed E-state index contributed by atoms with van der Waals surface area (Å²) in [5, 5.41) is 9.23. The van der Waals surface area contributed by atoms with Crippen molar-refractivity contribution < 1.29 is 14.6 Å². The second-order valence-electron chi connectivity index (χ2n) is 5.52. The Bertz CT molecular complexity index is 265. The van der Waals surface area contributed by atoms with Crippen LogP contribution < -0.4 is 0 Å². The lowest BCUT2D eigenvalue weighted by atomic mass is 9.83. The van der Waals surface area contributed by atoms with Crippen LogP contribution in [0.4, 0.5) is 4.79 Å². The maximum atomic E-state index is 11.9. The number of rotatable bonds is 1. The van der Waals surface area contributed by atoms with Crippen LogP contribution in [0.15, 0.2) is 0 Å². The summed E-state index contributed by atoms with van der Waals surface area (Å²) in [7, 11) is 0. The zero-order chi connectivity index (χ0) is 11.2. The monoisotopic (exact) mass is 213 g/mol. The summed E-state index contributed by atoms with van der Waals surface area (Å²) in [6.45, 7) is 5.64. The first kappa shape index (κ1) is 10.7. The highest BCUT2D eigenvalue weighted by Gasteiger charge is 2.53. The Hall–Kier alpha value is -0.770. The van der Waals surface area contributed by atoms with Gasteiger partial charge in [-0.05, 0) is 39.5 Å². The Balaban J connectivity index is 2.01. The molecular weight excluding hydrogens is 194 g/mol. The number of carbonyl (C=O) groups excluding carboxylic acids is 1. The fourth-order valence-electron chi connectivity index (χ4n) is 2.51. The normalized spacial score (nSPS) is 33.9. The molecule has 0 aromatic heterocycles. The number of aliphatic hydroxyl groups excluding tert-OH is 1. The van der Waals surface area contributed by atoms with Crippen molar-refractivity contribution in [3.8, 4) is 0 Å². The van der Waals surface area contributed by atoms with Gasteiger partial charge in [0.05, 0.1) is 12.6 Å². The number of hydrogen-bond acceptors (Lipinski definition) is 3. The smallest absolute Gasteiger partial charge is 0.410 e. The van der Waals surface area contributed by atoms with Gasteiger partial charge in [-0.15, -0.1) is 0 Å². The standard InChI is InChI=1S/C11H19NO3/c1-11(2,3)15-10(14)12-8-4-7(5-8)9(12)6-13/h7-9,13H,4-6H2,1-3H3. The Morgan fingerprint density at radius 2 is 2.07 bits per heavy atom. The summed E-state index contributed by atoms with van der Waals surface area (Å²) in [5.41, 5.74) is -0.454. The highest BCUT2D eigenvalue weighted by atomic mass is 16.6. The number of fused-ring (bicyclic) bond motifs is 1. The Kier molecular flexibility index (Phi) is 2.41. The van der Waals surface area contributed by atoms with Gasteiger partial charge in [0.25, 0.3) is 0 Å². The zero-order valence-corrected chi connectivity index (χ0v) is 9.56. The van der Waals surface area contributed by atoms with Gasteiger partial charge < -0.3 is 9.84 Å². The summed E-state index contributed by atoms with van der Waals surface area (Å²) < 4.78 is 5.33. The van der Waals surface area contributed by atoms with Crippen LogP contribution in [0.5, 0.6) is 0 Å². The van der Waals surface area contributed by atoms with E-state index in [1.165, 1.54) is 0 Å². The first-order chi connectivity index (χ1) is 6.92. The summed E-state index contributed by atoms with van der Waals surface area (Å²) >= 11 is 0. The highest BCUT2D eigenvalue weighted by molar-refractivity contribution is 5.70. The second-order valence-corrected chi connectivity index (χ2v) is 5.52. The largest absolute Gasteiger partial charge is 0.444 e. The molecule has 0 radical (unpaired) electrons.